The Hall–Kier alpha value is -4.07. The summed E-state index contributed by atoms with van der Waals surface area (Å²) in [6, 6.07) is 15.5. The number of methoxy groups -OCH3 is 3. The number of nitrogens with zero attached hydrogens (tertiary/aromatic N) is 2. The molecule has 0 N–H and O–H groups in total. The summed E-state index contributed by atoms with van der Waals surface area (Å²) in [5, 5.41) is 3.38. The van der Waals surface area contributed by atoms with E-state index in [-0.39, 0.29) is 12.0 Å². The van der Waals surface area contributed by atoms with E-state index >= 15 is 0 Å². The zero-order valence-electron chi connectivity index (χ0n) is 17.9. The second kappa shape index (κ2) is 8.58. The monoisotopic (exact) mass is 434 g/mol. The molecule has 0 saturated heterocycles. The average Bonchev–Trinajstić information content (AvgIpc) is 3.18. The second-order valence-electron chi connectivity index (χ2n) is 7.16. The number of fused-ring (bicyclic) bond motifs is 3. The Bertz CT molecular complexity index is 1140. The maximum Gasteiger partial charge on any atom is 0.338 e. The molecule has 0 saturated carbocycles. The summed E-state index contributed by atoms with van der Waals surface area (Å²) in [6.07, 6.45) is 1.77. The molecule has 2 aliphatic rings. The Morgan fingerprint density at radius 1 is 0.844 bits per heavy atom. The smallest absolute Gasteiger partial charge is 0.338 e. The van der Waals surface area contributed by atoms with Crippen molar-refractivity contribution in [3.8, 4) is 0 Å². The zero-order chi connectivity index (χ0) is 22.8. The SMILES string of the molecule is COC(=O)CC1=CN2C(=C(C(=O)OC)C(C(=O)OC)N2c2ccccc2)c2ccccc21. The van der Waals surface area contributed by atoms with Gasteiger partial charge in [-0.15, -0.1) is 0 Å². The molecule has 4 rings (SSSR count). The molecule has 2 heterocycles. The predicted octanol–water partition coefficient (Wildman–Crippen LogP) is 2.77. The van der Waals surface area contributed by atoms with Crippen LogP contribution in [0.1, 0.15) is 17.5 Å². The fourth-order valence-electron chi connectivity index (χ4n) is 4.06. The molecule has 0 radical (unpaired) electrons. The number of hydrogen-bond acceptors (Lipinski definition) is 8. The largest absolute Gasteiger partial charge is 0.469 e. The lowest BCUT2D eigenvalue weighted by Crippen LogP contribution is -2.46. The normalized spacial score (nSPS) is 16.7. The minimum atomic E-state index is -1.08. The number of hydrazine groups is 1. The summed E-state index contributed by atoms with van der Waals surface area (Å²) >= 11 is 0. The van der Waals surface area contributed by atoms with Crippen molar-refractivity contribution >= 4 is 34.9 Å². The van der Waals surface area contributed by atoms with Gasteiger partial charge in [0.15, 0.2) is 6.04 Å². The van der Waals surface area contributed by atoms with Crippen LogP contribution in [0, 0.1) is 0 Å². The first kappa shape index (κ1) is 21.2. The molecule has 2 aromatic rings. The van der Waals surface area contributed by atoms with Gasteiger partial charge in [-0.3, -0.25) is 14.8 Å². The molecule has 164 valence electrons. The van der Waals surface area contributed by atoms with Gasteiger partial charge in [0, 0.05) is 11.8 Å². The predicted molar refractivity (Wildman–Crippen MR) is 117 cm³/mol. The molecular formula is C24H22N2O6. The minimum Gasteiger partial charge on any atom is -0.469 e. The third-order valence-corrected chi connectivity index (χ3v) is 5.45. The van der Waals surface area contributed by atoms with Gasteiger partial charge in [0.05, 0.1) is 44.7 Å². The second-order valence-corrected chi connectivity index (χ2v) is 7.16. The van der Waals surface area contributed by atoms with Crippen molar-refractivity contribution in [3.05, 3.63) is 77.5 Å². The van der Waals surface area contributed by atoms with Crippen LogP contribution in [0.15, 0.2) is 66.4 Å². The molecule has 0 aromatic heterocycles. The van der Waals surface area contributed by atoms with Gasteiger partial charge in [-0.05, 0) is 23.3 Å². The van der Waals surface area contributed by atoms with Crippen molar-refractivity contribution in [1.82, 2.24) is 5.01 Å². The number of hydrogen-bond donors (Lipinski definition) is 0. The Balaban J connectivity index is 2.01. The molecule has 0 aliphatic carbocycles. The van der Waals surface area contributed by atoms with E-state index < -0.39 is 23.9 Å². The van der Waals surface area contributed by atoms with Gasteiger partial charge in [-0.1, -0.05) is 42.5 Å². The summed E-state index contributed by atoms with van der Waals surface area (Å²) in [6.45, 7) is 0. The quantitative estimate of drug-likeness (QED) is 0.525. The van der Waals surface area contributed by atoms with Crippen LogP contribution < -0.4 is 5.01 Å². The lowest BCUT2D eigenvalue weighted by atomic mass is 9.91. The lowest BCUT2D eigenvalue weighted by molar-refractivity contribution is -0.144. The van der Waals surface area contributed by atoms with E-state index in [9.17, 15) is 14.4 Å². The van der Waals surface area contributed by atoms with E-state index in [4.69, 9.17) is 14.2 Å². The van der Waals surface area contributed by atoms with E-state index in [0.717, 1.165) is 5.56 Å². The number of ether oxygens (including phenoxy) is 3. The molecule has 32 heavy (non-hydrogen) atoms. The van der Waals surface area contributed by atoms with Crippen LogP contribution in [-0.2, 0) is 28.6 Å². The van der Waals surface area contributed by atoms with E-state index in [1.165, 1.54) is 21.3 Å². The van der Waals surface area contributed by atoms with Crippen LogP contribution in [0.2, 0.25) is 0 Å². The number of esters is 3. The zero-order valence-corrected chi connectivity index (χ0v) is 17.9. The van der Waals surface area contributed by atoms with E-state index in [1.807, 2.05) is 54.6 Å². The maximum atomic E-state index is 13.0. The molecular weight excluding hydrogens is 412 g/mol. The highest BCUT2D eigenvalue weighted by molar-refractivity contribution is 6.10. The Morgan fingerprint density at radius 3 is 2.12 bits per heavy atom. The van der Waals surface area contributed by atoms with Crippen molar-refractivity contribution < 1.29 is 28.6 Å². The lowest BCUT2D eigenvalue weighted by Gasteiger charge is -2.37. The third-order valence-electron chi connectivity index (χ3n) is 5.45. The number of anilines is 1. The first-order chi connectivity index (χ1) is 15.5. The van der Waals surface area contributed by atoms with Gasteiger partial charge < -0.3 is 14.2 Å². The van der Waals surface area contributed by atoms with Crippen LogP contribution in [0.25, 0.3) is 11.3 Å². The number of carbonyl (C=O) groups is 3. The summed E-state index contributed by atoms with van der Waals surface area (Å²) in [5.41, 5.74) is 3.47. The molecule has 1 unspecified atom stereocenters. The van der Waals surface area contributed by atoms with Gasteiger partial charge >= 0.3 is 17.9 Å². The molecule has 0 fully saturated rings. The van der Waals surface area contributed by atoms with Gasteiger partial charge in [-0.25, -0.2) is 9.59 Å². The molecule has 0 bridgehead atoms. The summed E-state index contributed by atoms with van der Waals surface area (Å²) in [7, 11) is 3.87. The molecule has 1 atom stereocenters. The van der Waals surface area contributed by atoms with Crippen LogP contribution in [0.4, 0.5) is 5.69 Å². The van der Waals surface area contributed by atoms with Crippen LogP contribution in [-0.4, -0.2) is 50.3 Å². The highest BCUT2D eigenvalue weighted by Crippen LogP contribution is 2.46. The number of rotatable bonds is 5. The van der Waals surface area contributed by atoms with Gasteiger partial charge in [0.1, 0.15) is 0 Å². The molecule has 0 amide bonds. The topological polar surface area (TPSA) is 85.4 Å². The standard InChI is InChI=1S/C24H22N2O6/c1-30-19(27)13-15-14-25-21(18-12-8-7-11-17(15)18)20(23(28)31-2)22(24(29)32-3)26(25)16-9-5-4-6-10-16/h4-12,14,22H,13H2,1-3H3. The molecule has 8 nitrogen and oxygen atoms in total. The highest BCUT2D eigenvalue weighted by Gasteiger charge is 2.49. The van der Waals surface area contributed by atoms with Crippen molar-refractivity contribution in [2.75, 3.05) is 26.3 Å². The van der Waals surface area contributed by atoms with Crippen LogP contribution >= 0.6 is 0 Å². The summed E-state index contributed by atoms with van der Waals surface area (Å²) in [5.74, 6) is -1.66. The van der Waals surface area contributed by atoms with E-state index in [0.29, 0.717) is 22.5 Å². The molecule has 0 spiro atoms. The van der Waals surface area contributed by atoms with Gasteiger partial charge in [0.2, 0.25) is 0 Å². The third kappa shape index (κ3) is 3.39. The number of para-hydroxylation sites is 1. The maximum absolute atomic E-state index is 13.0. The molecule has 2 aromatic carbocycles. The molecule has 8 heteroatoms. The Labute approximate surface area is 185 Å². The first-order valence-corrected chi connectivity index (χ1v) is 9.92. The van der Waals surface area contributed by atoms with Crippen molar-refractivity contribution in [1.29, 1.82) is 0 Å². The average molecular weight is 434 g/mol. The number of carbonyl (C=O) groups excluding carboxylic acids is 3. The van der Waals surface area contributed by atoms with Crippen molar-refractivity contribution in [3.63, 3.8) is 0 Å². The molecule has 2 aliphatic heterocycles. The van der Waals surface area contributed by atoms with E-state index in [2.05, 4.69) is 0 Å². The Kier molecular flexibility index (Phi) is 5.68. The summed E-state index contributed by atoms with van der Waals surface area (Å²) < 4.78 is 15.0. The fourth-order valence-corrected chi connectivity index (χ4v) is 4.06. The van der Waals surface area contributed by atoms with Crippen molar-refractivity contribution in [2.45, 2.75) is 12.5 Å². The van der Waals surface area contributed by atoms with Crippen LogP contribution in [0.5, 0.6) is 0 Å². The summed E-state index contributed by atoms with van der Waals surface area (Å²) in [4.78, 5) is 38.0. The van der Waals surface area contributed by atoms with Gasteiger partial charge in [-0.2, -0.15) is 0 Å². The van der Waals surface area contributed by atoms with Crippen molar-refractivity contribution in [2.24, 2.45) is 0 Å². The highest BCUT2D eigenvalue weighted by atomic mass is 16.5. The van der Waals surface area contributed by atoms with E-state index in [1.54, 1.807) is 16.2 Å². The first-order valence-electron chi connectivity index (χ1n) is 9.92. The Morgan fingerprint density at radius 2 is 1.50 bits per heavy atom. The fraction of sp³-hybridized carbons (Fsp3) is 0.208. The van der Waals surface area contributed by atoms with Gasteiger partial charge in [0.25, 0.3) is 0 Å². The minimum absolute atomic E-state index is 0.0242. The van der Waals surface area contributed by atoms with Crippen LogP contribution in [0.3, 0.4) is 0 Å². The number of benzene rings is 2.